The van der Waals surface area contributed by atoms with Crippen molar-refractivity contribution in [1.29, 1.82) is 0 Å². The lowest BCUT2D eigenvalue weighted by molar-refractivity contribution is 0.458. The van der Waals surface area contributed by atoms with Gasteiger partial charge in [0.15, 0.2) is 0 Å². The van der Waals surface area contributed by atoms with Crippen molar-refractivity contribution in [3.63, 3.8) is 0 Å². The zero-order valence-corrected chi connectivity index (χ0v) is 12.6. The van der Waals surface area contributed by atoms with E-state index in [0.29, 0.717) is 5.92 Å². The van der Waals surface area contributed by atoms with Crippen molar-refractivity contribution in [1.82, 2.24) is 24.3 Å². The summed E-state index contributed by atoms with van der Waals surface area (Å²) in [7, 11) is 0. The fourth-order valence-electron chi connectivity index (χ4n) is 3.00. The quantitative estimate of drug-likeness (QED) is 0.859. The van der Waals surface area contributed by atoms with E-state index >= 15 is 0 Å². The predicted molar refractivity (Wildman–Crippen MR) is 77.6 cm³/mol. The Morgan fingerprint density at radius 3 is 2.85 bits per heavy atom. The van der Waals surface area contributed by atoms with Crippen molar-refractivity contribution in [3.8, 4) is 0 Å². The number of fused-ring (bicyclic) bond motifs is 1. The molecule has 1 aliphatic carbocycles. The highest BCUT2D eigenvalue weighted by atomic mass is 15.3. The average molecular weight is 273 g/mol. The molecule has 0 radical (unpaired) electrons. The fourth-order valence-corrected chi connectivity index (χ4v) is 3.00. The van der Waals surface area contributed by atoms with Gasteiger partial charge in [-0.1, -0.05) is 13.8 Å². The zero-order chi connectivity index (χ0) is 14.1. The highest BCUT2D eigenvalue weighted by molar-refractivity contribution is 5.20. The van der Waals surface area contributed by atoms with Crippen LogP contribution in [0.25, 0.3) is 0 Å². The minimum absolute atomic E-state index is 0.577. The summed E-state index contributed by atoms with van der Waals surface area (Å²) in [5.74, 6) is 2.72. The molecule has 1 aliphatic rings. The van der Waals surface area contributed by atoms with E-state index in [1.807, 2.05) is 4.68 Å². The molecule has 0 aliphatic heterocycles. The molecule has 0 fully saturated rings. The molecule has 20 heavy (non-hydrogen) atoms. The molecule has 0 aromatic carbocycles. The van der Waals surface area contributed by atoms with Gasteiger partial charge in [0.05, 0.1) is 12.2 Å². The van der Waals surface area contributed by atoms with Crippen LogP contribution in [-0.4, -0.2) is 24.3 Å². The average Bonchev–Trinajstić information content (AvgIpc) is 2.95. The van der Waals surface area contributed by atoms with Crippen LogP contribution in [0.15, 0.2) is 6.33 Å². The van der Waals surface area contributed by atoms with E-state index in [1.54, 1.807) is 6.33 Å². The summed E-state index contributed by atoms with van der Waals surface area (Å²) in [5, 5.41) is 4.35. The van der Waals surface area contributed by atoms with E-state index in [9.17, 15) is 0 Å². The standard InChI is InChI=1S/C15H23N5/c1-11(2)8-20-15(16-10-17-20)9-19-12(3)18-13-6-4-5-7-14(13)19/h10-11H,4-9H2,1-3H3. The van der Waals surface area contributed by atoms with Gasteiger partial charge in [-0.15, -0.1) is 0 Å². The maximum atomic E-state index is 4.73. The summed E-state index contributed by atoms with van der Waals surface area (Å²) in [6.07, 6.45) is 6.48. The van der Waals surface area contributed by atoms with Gasteiger partial charge in [0, 0.05) is 12.2 Å². The Morgan fingerprint density at radius 2 is 2.05 bits per heavy atom. The lowest BCUT2D eigenvalue weighted by Crippen LogP contribution is -2.16. The molecule has 0 spiro atoms. The molecule has 0 saturated carbocycles. The van der Waals surface area contributed by atoms with E-state index in [4.69, 9.17) is 4.98 Å². The Labute approximate surface area is 120 Å². The lowest BCUT2D eigenvalue weighted by atomic mass is 10.0. The minimum atomic E-state index is 0.577. The smallest absolute Gasteiger partial charge is 0.146 e. The third-order valence-electron chi connectivity index (χ3n) is 3.96. The first kappa shape index (κ1) is 13.3. The monoisotopic (exact) mass is 273 g/mol. The molecular formula is C15H23N5. The van der Waals surface area contributed by atoms with Crippen LogP contribution in [0.1, 0.15) is 49.7 Å². The highest BCUT2D eigenvalue weighted by Crippen LogP contribution is 2.22. The molecule has 108 valence electrons. The molecule has 0 unspecified atom stereocenters. The van der Waals surface area contributed by atoms with E-state index < -0.39 is 0 Å². The molecule has 2 aromatic rings. The van der Waals surface area contributed by atoms with Crippen molar-refractivity contribution >= 4 is 0 Å². The van der Waals surface area contributed by atoms with Gasteiger partial charge in [-0.25, -0.2) is 14.6 Å². The summed E-state index contributed by atoms with van der Waals surface area (Å²) in [6, 6.07) is 0. The first-order valence-corrected chi connectivity index (χ1v) is 7.56. The Morgan fingerprint density at radius 1 is 1.25 bits per heavy atom. The van der Waals surface area contributed by atoms with E-state index in [-0.39, 0.29) is 0 Å². The Bertz CT molecular complexity index is 593. The molecule has 0 N–H and O–H groups in total. The van der Waals surface area contributed by atoms with Gasteiger partial charge in [-0.3, -0.25) is 0 Å². The van der Waals surface area contributed by atoms with Gasteiger partial charge in [0.1, 0.15) is 18.0 Å². The fraction of sp³-hybridized carbons (Fsp3) is 0.667. The largest absolute Gasteiger partial charge is 0.324 e. The third-order valence-corrected chi connectivity index (χ3v) is 3.96. The molecule has 5 nitrogen and oxygen atoms in total. The lowest BCUT2D eigenvalue weighted by Gasteiger charge is -2.15. The second kappa shape index (κ2) is 5.38. The van der Waals surface area contributed by atoms with Gasteiger partial charge >= 0.3 is 0 Å². The summed E-state index contributed by atoms with van der Waals surface area (Å²) in [5.41, 5.74) is 2.71. The number of hydrogen-bond acceptors (Lipinski definition) is 3. The maximum absolute atomic E-state index is 4.73. The van der Waals surface area contributed by atoms with Crippen LogP contribution in [0.4, 0.5) is 0 Å². The molecular weight excluding hydrogens is 250 g/mol. The molecule has 5 heteroatoms. The molecule has 0 amide bonds. The predicted octanol–water partition coefficient (Wildman–Crippen LogP) is 2.37. The van der Waals surface area contributed by atoms with Crippen molar-refractivity contribution in [2.45, 2.75) is 59.5 Å². The summed E-state index contributed by atoms with van der Waals surface area (Å²) in [4.78, 5) is 9.17. The second-order valence-electron chi connectivity index (χ2n) is 6.10. The normalized spacial score (nSPS) is 14.8. The number of hydrogen-bond donors (Lipinski definition) is 0. The summed E-state index contributed by atoms with van der Waals surface area (Å²) in [6.45, 7) is 8.22. The van der Waals surface area contributed by atoms with Gasteiger partial charge < -0.3 is 4.57 Å². The third kappa shape index (κ3) is 2.49. The number of aryl methyl sites for hydroxylation is 2. The van der Waals surface area contributed by atoms with E-state index in [0.717, 1.165) is 37.6 Å². The molecule has 3 rings (SSSR count). The Kier molecular flexibility index (Phi) is 3.59. The maximum Gasteiger partial charge on any atom is 0.146 e. The van der Waals surface area contributed by atoms with Crippen LogP contribution >= 0.6 is 0 Å². The first-order chi connectivity index (χ1) is 9.65. The molecule has 2 heterocycles. The molecule has 0 bridgehead atoms. The SMILES string of the molecule is Cc1nc2c(n1Cc1ncnn1CC(C)C)CCCC2. The second-order valence-corrected chi connectivity index (χ2v) is 6.10. The minimum Gasteiger partial charge on any atom is -0.324 e. The van der Waals surface area contributed by atoms with Crippen molar-refractivity contribution in [2.24, 2.45) is 5.92 Å². The van der Waals surface area contributed by atoms with Crippen LogP contribution in [0.3, 0.4) is 0 Å². The van der Waals surface area contributed by atoms with Crippen LogP contribution in [0.2, 0.25) is 0 Å². The van der Waals surface area contributed by atoms with Crippen LogP contribution < -0.4 is 0 Å². The number of nitrogens with zero attached hydrogens (tertiary/aromatic N) is 5. The van der Waals surface area contributed by atoms with Gasteiger partial charge in [-0.2, -0.15) is 5.10 Å². The first-order valence-electron chi connectivity index (χ1n) is 7.56. The van der Waals surface area contributed by atoms with Crippen molar-refractivity contribution < 1.29 is 0 Å². The van der Waals surface area contributed by atoms with Crippen molar-refractivity contribution in [3.05, 3.63) is 29.4 Å². The van der Waals surface area contributed by atoms with Gasteiger partial charge in [-0.05, 0) is 38.5 Å². The molecule has 2 aromatic heterocycles. The van der Waals surface area contributed by atoms with Crippen LogP contribution in [0, 0.1) is 12.8 Å². The van der Waals surface area contributed by atoms with Gasteiger partial charge in [0.2, 0.25) is 0 Å². The zero-order valence-electron chi connectivity index (χ0n) is 12.6. The Hall–Kier alpha value is -1.65. The van der Waals surface area contributed by atoms with E-state index in [2.05, 4.69) is 35.4 Å². The van der Waals surface area contributed by atoms with E-state index in [1.165, 1.54) is 24.2 Å². The molecule has 0 atom stereocenters. The van der Waals surface area contributed by atoms with Crippen molar-refractivity contribution in [2.75, 3.05) is 0 Å². The van der Waals surface area contributed by atoms with Crippen LogP contribution in [0.5, 0.6) is 0 Å². The topological polar surface area (TPSA) is 48.5 Å². The van der Waals surface area contributed by atoms with Gasteiger partial charge in [0.25, 0.3) is 0 Å². The summed E-state index contributed by atoms with van der Waals surface area (Å²) < 4.78 is 4.36. The number of aromatic nitrogens is 5. The Balaban J connectivity index is 1.88. The van der Waals surface area contributed by atoms with Crippen LogP contribution in [-0.2, 0) is 25.9 Å². The number of rotatable bonds is 4. The number of imidazole rings is 1. The summed E-state index contributed by atoms with van der Waals surface area (Å²) >= 11 is 0. The molecule has 0 saturated heterocycles. The highest BCUT2D eigenvalue weighted by Gasteiger charge is 2.19.